The lowest BCUT2D eigenvalue weighted by atomic mass is 10.1. The van der Waals surface area contributed by atoms with Crippen LogP contribution in [0.25, 0.3) is 0 Å². The van der Waals surface area contributed by atoms with Gasteiger partial charge < -0.3 is 9.47 Å². The molecule has 0 aliphatic heterocycles. The van der Waals surface area contributed by atoms with Crippen molar-refractivity contribution in [3.8, 4) is 0 Å². The van der Waals surface area contributed by atoms with Gasteiger partial charge in [0, 0.05) is 13.5 Å². The summed E-state index contributed by atoms with van der Waals surface area (Å²) in [7, 11) is 1.59. The summed E-state index contributed by atoms with van der Waals surface area (Å²) in [4.78, 5) is 11.2. The Morgan fingerprint density at radius 2 is 1.94 bits per heavy atom. The van der Waals surface area contributed by atoms with Crippen LogP contribution in [0.1, 0.15) is 18.4 Å². The Hall–Kier alpha value is -1.35. The third-order valence-electron chi connectivity index (χ3n) is 2.24. The maximum absolute atomic E-state index is 11.2. The van der Waals surface area contributed by atoms with Crippen molar-refractivity contribution in [2.75, 3.05) is 20.3 Å². The number of hydrogen-bond acceptors (Lipinski definition) is 3. The van der Waals surface area contributed by atoms with E-state index in [0.29, 0.717) is 19.6 Å². The molecule has 1 aromatic carbocycles. The second-order valence-electron chi connectivity index (χ2n) is 3.55. The number of carbonyl (C=O) groups is 1. The van der Waals surface area contributed by atoms with Gasteiger partial charge in [-0.25, -0.2) is 0 Å². The maximum Gasteiger partial charge on any atom is 0.305 e. The van der Waals surface area contributed by atoms with E-state index in [1.807, 2.05) is 18.2 Å². The molecule has 0 saturated heterocycles. The van der Waals surface area contributed by atoms with Gasteiger partial charge in [0.15, 0.2) is 0 Å². The molecule has 0 fully saturated rings. The first-order valence-electron chi connectivity index (χ1n) is 5.51. The molecule has 0 N–H and O–H groups in total. The van der Waals surface area contributed by atoms with Crippen LogP contribution in [0.4, 0.5) is 0 Å². The van der Waals surface area contributed by atoms with Gasteiger partial charge in [0.1, 0.15) is 6.61 Å². The minimum Gasteiger partial charge on any atom is -0.463 e. The zero-order valence-electron chi connectivity index (χ0n) is 9.65. The van der Waals surface area contributed by atoms with E-state index in [4.69, 9.17) is 9.47 Å². The van der Waals surface area contributed by atoms with Crippen molar-refractivity contribution in [2.24, 2.45) is 0 Å². The molecule has 0 aliphatic rings. The third kappa shape index (κ3) is 5.51. The molecule has 0 radical (unpaired) electrons. The fourth-order valence-corrected chi connectivity index (χ4v) is 1.39. The number of hydrogen-bond donors (Lipinski definition) is 0. The number of carbonyl (C=O) groups excluding carboxylic acids is 1. The number of aryl methyl sites for hydroxylation is 1. The van der Waals surface area contributed by atoms with Crippen LogP contribution >= 0.6 is 0 Å². The number of methoxy groups -OCH3 is 1. The predicted octanol–water partition coefficient (Wildman–Crippen LogP) is 2.20. The molecule has 0 aliphatic carbocycles. The highest BCUT2D eigenvalue weighted by molar-refractivity contribution is 5.69. The van der Waals surface area contributed by atoms with Crippen molar-refractivity contribution in [2.45, 2.75) is 19.3 Å². The van der Waals surface area contributed by atoms with Crippen LogP contribution in [0.2, 0.25) is 0 Å². The predicted molar refractivity (Wildman–Crippen MR) is 62.2 cm³/mol. The molecule has 3 nitrogen and oxygen atoms in total. The van der Waals surface area contributed by atoms with Crippen LogP contribution in [-0.4, -0.2) is 26.3 Å². The summed E-state index contributed by atoms with van der Waals surface area (Å²) in [5.41, 5.74) is 1.26. The molecule has 1 rings (SSSR count). The first-order valence-corrected chi connectivity index (χ1v) is 5.51. The Balaban J connectivity index is 2.09. The second kappa shape index (κ2) is 7.88. The van der Waals surface area contributed by atoms with E-state index < -0.39 is 0 Å². The first kappa shape index (κ1) is 12.7. The topological polar surface area (TPSA) is 35.5 Å². The van der Waals surface area contributed by atoms with E-state index in [1.54, 1.807) is 7.11 Å². The van der Waals surface area contributed by atoms with Gasteiger partial charge in [-0.05, 0) is 18.4 Å². The van der Waals surface area contributed by atoms with Gasteiger partial charge in [0.2, 0.25) is 0 Å². The molecule has 0 aromatic heterocycles. The Labute approximate surface area is 96.4 Å². The largest absolute Gasteiger partial charge is 0.463 e. The van der Waals surface area contributed by atoms with Crippen molar-refractivity contribution in [1.82, 2.24) is 0 Å². The van der Waals surface area contributed by atoms with Crippen molar-refractivity contribution in [3.63, 3.8) is 0 Å². The average molecular weight is 222 g/mol. The lowest BCUT2D eigenvalue weighted by Crippen LogP contribution is -2.09. The summed E-state index contributed by atoms with van der Waals surface area (Å²) in [6.45, 7) is 0.811. The quantitative estimate of drug-likeness (QED) is 0.524. The summed E-state index contributed by atoms with van der Waals surface area (Å²) in [5.74, 6) is -0.145. The summed E-state index contributed by atoms with van der Waals surface area (Å²) in [6, 6.07) is 10.1. The van der Waals surface area contributed by atoms with Crippen molar-refractivity contribution in [1.29, 1.82) is 0 Å². The summed E-state index contributed by atoms with van der Waals surface area (Å²) in [6.07, 6.45) is 2.22. The van der Waals surface area contributed by atoms with E-state index >= 15 is 0 Å². The first-order chi connectivity index (χ1) is 7.83. The third-order valence-corrected chi connectivity index (χ3v) is 2.24. The van der Waals surface area contributed by atoms with Gasteiger partial charge in [-0.3, -0.25) is 4.79 Å². The molecule has 0 heterocycles. The van der Waals surface area contributed by atoms with Crippen LogP contribution in [-0.2, 0) is 20.7 Å². The molecule has 0 unspecified atom stereocenters. The van der Waals surface area contributed by atoms with Gasteiger partial charge in [-0.2, -0.15) is 0 Å². The molecule has 3 heteroatoms. The van der Waals surface area contributed by atoms with Crippen LogP contribution in [0, 0.1) is 0 Å². The van der Waals surface area contributed by atoms with Crippen molar-refractivity contribution < 1.29 is 14.3 Å². The molecular formula is C13H18O3. The number of benzene rings is 1. The Morgan fingerprint density at radius 1 is 1.19 bits per heavy atom. The van der Waals surface area contributed by atoms with Crippen LogP contribution in [0.15, 0.2) is 30.3 Å². The Bertz CT molecular complexity index is 295. The van der Waals surface area contributed by atoms with Gasteiger partial charge in [-0.15, -0.1) is 0 Å². The summed E-state index contributed by atoms with van der Waals surface area (Å²) >= 11 is 0. The van der Waals surface area contributed by atoms with Gasteiger partial charge in [-0.1, -0.05) is 30.3 Å². The molecule has 0 spiro atoms. The maximum atomic E-state index is 11.2. The SMILES string of the molecule is COCCOC(=O)CCCc1ccccc1. The average Bonchev–Trinajstić information content (AvgIpc) is 2.31. The minimum absolute atomic E-state index is 0.145. The fraction of sp³-hybridized carbons (Fsp3) is 0.462. The van der Waals surface area contributed by atoms with Gasteiger partial charge >= 0.3 is 5.97 Å². The summed E-state index contributed by atoms with van der Waals surface area (Å²) in [5, 5.41) is 0. The van der Waals surface area contributed by atoms with Gasteiger partial charge in [0.25, 0.3) is 0 Å². The highest BCUT2D eigenvalue weighted by Gasteiger charge is 2.02. The molecule has 0 saturated carbocycles. The molecule has 88 valence electrons. The highest BCUT2D eigenvalue weighted by atomic mass is 16.6. The lowest BCUT2D eigenvalue weighted by molar-refractivity contribution is -0.144. The standard InChI is InChI=1S/C13H18O3/c1-15-10-11-16-13(14)9-5-8-12-6-3-2-4-7-12/h2-4,6-7H,5,8-11H2,1H3. The molecule has 0 atom stereocenters. The molecular weight excluding hydrogens is 204 g/mol. The monoisotopic (exact) mass is 222 g/mol. The second-order valence-corrected chi connectivity index (χ2v) is 3.55. The normalized spacial score (nSPS) is 10.1. The lowest BCUT2D eigenvalue weighted by Gasteiger charge is -2.04. The van der Waals surface area contributed by atoms with E-state index in [9.17, 15) is 4.79 Å². The van der Waals surface area contributed by atoms with E-state index in [-0.39, 0.29) is 5.97 Å². The van der Waals surface area contributed by atoms with Crippen molar-refractivity contribution in [3.05, 3.63) is 35.9 Å². The van der Waals surface area contributed by atoms with Crippen molar-refractivity contribution >= 4 is 5.97 Å². The molecule has 0 bridgehead atoms. The number of rotatable bonds is 7. The van der Waals surface area contributed by atoms with Crippen LogP contribution in [0.5, 0.6) is 0 Å². The zero-order chi connectivity index (χ0) is 11.6. The smallest absolute Gasteiger partial charge is 0.305 e. The minimum atomic E-state index is -0.145. The number of esters is 1. The zero-order valence-corrected chi connectivity index (χ0v) is 9.65. The van der Waals surface area contributed by atoms with E-state index in [0.717, 1.165) is 12.8 Å². The fourth-order valence-electron chi connectivity index (χ4n) is 1.39. The van der Waals surface area contributed by atoms with Gasteiger partial charge in [0.05, 0.1) is 6.61 Å². The van der Waals surface area contributed by atoms with Crippen LogP contribution in [0.3, 0.4) is 0 Å². The molecule has 0 amide bonds. The highest BCUT2D eigenvalue weighted by Crippen LogP contribution is 2.04. The Morgan fingerprint density at radius 3 is 2.62 bits per heavy atom. The number of ether oxygens (including phenoxy) is 2. The summed E-state index contributed by atoms with van der Waals surface area (Å²) < 4.78 is 9.75. The Kier molecular flexibility index (Phi) is 6.26. The van der Waals surface area contributed by atoms with E-state index in [2.05, 4.69) is 12.1 Å². The molecule has 16 heavy (non-hydrogen) atoms. The van der Waals surface area contributed by atoms with Crippen LogP contribution < -0.4 is 0 Å². The van der Waals surface area contributed by atoms with E-state index in [1.165, 1.54) is 5.56 Å². The molecule has 1 aromatic rings.